The number of piperidine rings is 1. The number of carbonyl (C=O) groups is 2. The van der Waals surface area contributed by atoms with Crippen LogP contribution in [0.3, 0.4) is 0 Å². The van der Waals surface area contributed by atoms with Crippen molar-refractivity contribution >= 4 is 12.0 Å². The number of aliphatic hydroxyl groups is 2. The maximum absolute atomic E-state index is 15.4. The fourth-order valence-electron chi connectivity index (χ4n) is 5.24. The summed E-state index contributed by atoms with van der Waals surface area (Å²) in [5.74, 6) is -1.12. The van der Waals surface area contributed by atoms with E-state index < -0.39 is 29.5 Å². The Labute approximate surface area is 217 Å². The Morgan fingerprint density at radius 2 is 2.03 bits per heavy atom. The van der Waals surface area contributed by atoms with E-state index >= 15 is 4.39 Å². The second-order valence-electron chi connectivity index (χ2n) is 9.75. The molecule has 0 spiro atoms. The number of aliphatic hydroxyl groups excluding tert-OH is 1. The highest BCUT2D eigenvalue weighted by Crippen LogP contribution is 2.44. The van der Waals surface area contributed by atoms with E-state index in [0.717, 1.165) is 12.0 Å². The summed E-state index contributed by atoms with van der Waals surface area (Å²) < 4.78 is 15.4. The highest BCUT2D eigenvalue weighted by Gasteiger charge is 2.43. The summed E-state index contributed by atoms with van der Waals surface area (Å²) in [5.41, 5.74) is 6.39. The Morgan fingerprint density at radius 1 is 1.27 bits per heavy atom. The number of nitrogens with one attached hydrogen (secondary N) is 1. The highest BCUT2D eigenvalue weighted by atomic mass is 19.1. The third kappa shape index (κ3) is 7.06. The number of carboxylic acid groups (broad SMARTS) is 1. The molecule has 1 saturated heterocycles. The third-order valence-electron chi connectivity index (χ3n) is 7.25. The number of nitrogens with two attached hydrogens (primary N) is 1. The van der Waals surface area contributed by atoms with Crippen molar-refractivity contribution in [3.8, 4) is 11.1 Å². The Hall–Kier alpha value is -3.01. The molecule has 1 aliphatic heterocycles. The van der Waals surface area contributed by atoms with Crippen molar-refractivity contribution < 1.29 is 29.3 Å². The van der Waals surface area contributed by atoms with Gasteiger partial charge in [0.25, 0.3) is 0 Å². The first-order valence-electron chi connectivity index (χ1n) is 12.9. The molecule has 0 aliphatic carbocycles. The lowest BCUT2D eigenvalue weighted by Gasteiger charge is -2.44. The quantitative estimate of drug-likeness (QED) is 0.292. The summed E-state index contributed by atoms with van der Waals surface area (Å²) in [5, 5.41) is 33.5. The lowest BCUT2D eigenvalue weighted by atomic mass is 9.72. The first kappa shape index (κ1) is 28.6. The fraction of sp³-hybridized carbons (Fsp3) is 0.500. The van der Waals surface area contributed by atoms with Crippen molar-refractivity contribution in [1.82, 2.24) is 10.2 Å². The molecule has 2 amide bonds. The van der Waals surface area contributed by atoms with Crippen molar-refractivity contribution in [2.75, 3.05) is 26.2 Å². The van der Waals surface area contributed by atoms with Crippen molar-refractivity contribution in [1.29, 1.82) is 0 Å². The summed E-state index contributed by atoms with van der Waals surface area (Å²) in [6.07, 6.45) is 0.335. The monoisotopic (exact) mass is 515 g/mol. The molecule has 37 heavy (non-hydrogen) atoms. The zero-order valence-electron chi connectivity index (χ0n) is 21.3. The van der Waals surface area contributed by atoms with Crippen LogP contribution in [0.1, 0.15) is 50.2 Å². The van der Waals surface area contributed by atoms with E-state index in [1.807, 2.05) is 31.2 Å². The van der Waals surface area contributed by atoms with Crippen LogP contribution in [0.25, 0.3) is 11.1 Å². The first-order valence-corrected chi connectivity index (χ1v) is 12.9. The molecule has 2 aromatic rings. The second kappa shape index (κ2) is 13.0. The molecule has 1 unspecified atom stereocenters. The number of hydrogen-bond donors (Lipinski definition) is 5. The van der Waals surface area contributed by atoms with E-state index in [9.17, 15) is 19.8 Å². The van der Waals surface area contributed by atoms with Crippen LogP contribution in [-0.2, 0) is 16.8 Å². The largest absolute Gasteiger partial charge is 0.465 e. The lowest BCUT2D eigenvalue weighted by molar-refractivity contribution is -0.138. The molecule has 0 saturated carbocycles. The van der Waals surface area contributed by atoms with E-state index in [0.29, 0.717) is 42.5 Å². The molecule has 8 nitrogen and oxygen atoms in total. The van der Waals surface area contributed by atoms with Crippen LogP contribution in [0.2, 0.25) is 0 Å². The van der Waals surface area contributed by atoms with Gasteiger partial charge < -0.3 is 31.3 Å². The summed E-state index contributed by atoms with van der Waals surface area (Å²) in [7, 11) is 0. The molecular weight excluding hydrogens is 477 g/mol. The van der Waals surface area contributed by atoms with Crippen LogP contribution in [-0.4, -0.2) is 64.5 Å². The number of hydrogen-bond acceptors (Lipinski definition) is 5. The van der Waals surface area contributed by atoms with Gasteiger partial charge in [0.1, 0.15) is 5.82 Å². The van der Waals surface area contributed by atoms with E-state index in [-0.39, 0.29) is 38.4 Å². The normalized spacial score (nSPS) is 18.2. The molecule has 0 bridgehead atoms. The molecule has 9 heteroatoms. The average molecular weight is 516 g/mol. The van der Waals surface area contributed by atoms with Gasteiger partial charge in [-0.1, -0.05) is 43.3 Å². The number of benzene rings is 2. The van der Waals surface area contributed by atoms with Crippen molar-refractivity contribution in [2.45, 2.75) is 57.2 Å². The Bertz CT molecular complexity index is 1080. The van der Waals surface area contributed by atoms with Crippen LogP contribution >= 0.6 is 0 Å². The first-order chi connectivity index (χ1) is 17.7. The zero-order valence-corrected chi connectivity index (χ0v) is 21.3. The van der Waals surface area contributed by atoms with Gasteiger partial charge in [-0.2, -0.15) is 0 Å². The molecule has 1 heterocycles. The maximum atomic E-state index is 15.4. The van der Waals surface area contributed by atoms with Crippen LogP contribution in [0.4, 0.5) is 9.18 Å². The minimum absolute atomic E-state index is 0.0208. The van der Waals surface area contributed by atoms with Gasteiger partial charge in [0.15, 0.2) is 0 Å². The molecule has 2 aromatic carbocycles. The summed E-state index contributed by atoms with van der Waals surface area (Å²) in [6.45, 7) is 2.86. The molecule has 1 fully saturated rings. The summed E-state index contributed by atoms with van der Waals surface area (Å²) in [4.78, 5) is 25.4. The van der Waals surface area contributed by atoms with Crippen LogP contribution < -0.4 is 11.1 Å². The highest BCUT2D eigenvalue weighted by molar-refractivity contribution is 5.77. The standard InChI is InChI=1S/C28H38FN3O5/c1-2-19-7-3-8-20(15-19)26-23(10-4-11-24(26)29)28(37,12-6-13-31-27(35)36)21-9-5-14-32(18-21)25(34)16-22(33)17-30/h3-4,7-8,10-11,15,21-22,31,33,37H,2,5-6,9,12-14,16-18,30H2,1H3,(H,35,36)/t21?,22-,28+/m1/s1. The van der Waals surface area contributed by atoms with Crippen molar-refractivity contribution in [2.24, 2.45) is 11.7 Å². The van der Waals surface area contributed by atoms with Gasteiger partial charge in [-0.15, -0.1) is 0 Å². The Morgan fingerprint density at radius 3 is 2.73 bits per heavy atom. The minimum atomic E-state index is -1.52. The molecule has 3 atom stereocenters. The molecule has 0 aromatic heterocycles. The minimum Gasteiger partial charge on any atom is -0.465 e. The number of nitrogens with zero attached hydrogens (tertiary/aromatic N) is 1. The van der Waals surface area contributed by atoms with Crippen molar-refractivity contribution in [3.05, 3.63) is 59.4 Å². The fourth-order valence-corrected chi connectivity index (χ4v) is 5.24. The van der Waals surface area contributed by atoms with Crippen molar-refractivity contribution in [3.63, 3.8) is 0 Å². The van der Waals surface area contributed by atoms with Gasteiger partial charge >= 0.3 is 6.09 Å². The predicted octanol–water partition coefficient (Wildman–Crippen LogP) is 3.24. The number of amides is 2. The topological polar surface area (TPSA) is 136 Å². The molecule has 3 rings (SSSR count). The average Bonchev–Trinajstić information content (AvgIpc) is 2.90. The Balaban J connectivity index is 2.02. The maximum Gasteiger partial charge on any atom is 0.404 e. The number of halogens is 1. The number of rotatable bonds is 11. The van der Waals surface area contributed by atoms with Gasteiger partial charge in [0, 0.05) is 37.7 Å². The number of likely N-dealkylation sites (tertiary alicyclic amines) is 1. The predicted molar refractivity (Wildman–Crippen MR) is 139 cm³/mol. The van der Waals surface area contributed by atoms with Crippen LogP contribution in [0.15, 0.2) is 42.5 Å². The molecule has 202 valence electrons. The molecular formula is C28H38FN3O5. The second-order valence-corrected chi connectivity index (χ2v) is 9.75. The van der Waals surface area contributed by atoms with Crippen LogP contribution in [0.5, 0.6) is 0 Å². The zero-order chi connectivity index (χ0) is 27.0. The summed E-state index contributed by atoms with van der Waals surface area (Å²) >= 11 is 0. The van der Waals surface area contributed by atoms with Gasteiger partial charge in [-0.05, 0) is 54.9 Å². The van der Waals surface area contributed by atoms with Gasteiger partial charge in [0.2, 0.25) is 5.91 Å². The molecule has 1 aliphatic rings. The summed E-state index contributed by atoms with van der Waals surface area (Å²) in [6, 6.07) is 12.2. The van der Waals surface area contributed by atoms with Gasteiger partial charge in [-0.25, -0.2) is 9.18 Å². The lowest BCUT2D eigenvalue weighted by Crippen LogP contribution is -2.49. The van der Waals surface area contributed by atoms with E-state index in [2.05, 4.69) is 5.32 Å². The molecule has 0 radical (unpaired) electrons. The van der Waals surface area contributed by atoms with Gasteiger partial charge in [-0.3, -0.25) is 4.79 Å². The SMILES string of the molecule is CCc1cccc(-c2c(F)cccc2[C@](O)(CCCNC(=O)O)C2CCCN(C(=O)C[C@@H](O)CN)C2)c1. The third-order valence-corrected chi connectivity index (χ3v) is 7.25. The van der Waals surface area contributed by atoms with Gasteiger partial charge in [0.05, 0.1) is 18.1 Å². The number of carbonyl (C=O) groups excluding carboxylic acids is 1. The van der Waals surface area contributed by atoms with E-state index in [4.69, 9.17) is 10.8 Å². The number of aryl methyl sites for hydroxylation is 1. The smallest absolute Gasteiger partial charge is 0.404 e. The van der Waals surface area contributed by atoms with E-state index in [1.165, 1.54) is 6.07 Å². The van der Waals surface area contributed by atoms with E-state index in [1.54, 1.807) is 17.0 Å². The van der Waals surface area contributed by atoms with Crippen LogP contribution in [0, 0.1) is 11.7 Å². The Kier molecular flexibility index (Phi) is 10.0. The molecule has 6 N–H and O–H groups in total.